The maximum Gasteiger partial charge on any atom is 0.471 e. The molecule has 1 saturated heterocycles. The van der Waals surface area contributed by atoms with Crippen LogP contribution in [-0.2, 0) is 35.4 Å². The molecule has 2 atom stereocenters. The van der Waals surface area contributed by atoms with Crippen LogP contribution in [-0.4, -0.2) is 111 Å². The number of nitrogens with zero attached hydrogens (tertiary/aromatic N) is 7. The maximum absolute atomic E-state index is 13.1. The average molecular weight is 690 g/mol. The van der Waals surface area contributed by atoms with Crippen molar-refractivity contribution in [1.29, 1.82) is 0 Å². The van der Waals surface area contributed by atoms with Crippen LogP contribution in [0.5, 0.6) is 0 Å². The number of amides is 3. The maximum atomic E-state index is 13.1. The summed E-state index contributed by atoms with van der Waals surface area (Å²) in [5, 5.41) is 37.4. The molecule has 4 rings (SSSR count). The molecule has 23 heteroatoms. The third-order valence-electron chi connectivity index (χ3n) is 5.69. The van der Waals surface area contributed by atoms with E-state index in [1.54, 1.807) is 5.32 Å². The third kappa shape index (κ3) is 7.70. The molecule has 3 amide bonds. The fourth-order valence-corrected chi connectivity index (χ4v) is 6.82. The number of aliphatic carboxylic acids is 2. The number of terminal acetylenes is 1. The van der Waals surface area contributed by atoms with Crippen molar-refractivity contribution < 1.29 is 52.2 Å². The minimum absolute atomic E-state index is 0.0121. The van der Waals surface area contributed by atoms with Gasteiger partial charge in [-0.15, -0.1) is 34.6 Å². The van der Waals surface area contributed by atoms with Crippen molar-refractivity contribution in [3.63, 3.8) is 0 Å². The summed E-state index contributed by atoms with van der Waals surface area (Å²) >= 11 is 2.75. The van der Waals surface area contributed by atoms with Gasteiger partial charge in [0.25, 0.3) is 11.8 Å². The molecule has 17 nitrogen and oxygen atoms in total. The predicted octanol–water partition coefficient (Wildman–Crippen LogP) is -0.0101. The number of β-lactam (4-membered cyclic amide) rings is 1. The lowest BCUT2D eigenvalue weighted by Crippen LogP contribution is -2.71. The van der Waals surface area contributed by atoms with Gasteiger partial charge in [-0.2, -0.15) is 13.2 Å². The van der Waals surface area contributed by atoms with Crippen LogP contribution in [0, 0.1) is 12.3 Å². The van der Waals surface area contributed by atoms with Crippen LogP contribution >= 0.6 is 34.9 Å². The number of thiazole rings is 1. The Morgan fingerprint density at radius 1 is 1.29 bits per heavy atom. The minimum Gasteiger partial charge on any atom is -0.481 e. The molecule has 0 aliphatic carbocycles. The number of rotatable bonds is 13. The molecule has 4 N–H and O–H groups in total. The number of oxime groups is 1. The zero-order valence-electron chi connectivity index (χ0n) is 22.2. The van der Waals surface area contributed by atoms with Gasteiger partial charge in [0, 0.05) is 16.9 Å². The number of aromatic nitrogens is 5. The first-order valence-corrected chi connectivity index (χ1v) is 15.0. The van der Waals surface area contributed by atoms with E-state index in [9.17, 15) is 42.3 Å². The van der Waals surface area contributed by atoms with Gasteiger partial charge in [0.15, 0.2) is 17.5 Å². The van der Waals surface area contributed by atoms with Crippen LogP contribution in [0.4, 0.5) is 18.3 Å². The molecule has 4 heterocycles. The Morgan fingerprint density at radius 2 is 2.04 bits per heavy atom. The van der Waals surface area contributed by atoms with Gasteiger partial charge in [-0.3, -0.25) is 29.4 Å². The Bertz CT molecular complexity index is 1630. The fourth-order valence-electron chi connectivity index (χ4n) is 3.74. The van der Waals surface area contributed by atoms with E-state index in [1.807, 2.05) is 0 Å². The first-order chi connectivity index (χ1) is 21.3. The van der Waals surface area contributed by atoms with Crippen molar-refractivity contribution in [3.05, 3.63) is 22.3 Å². The SMILES string of the molecule is C#CCON=C(C(=O)NC1C(=O)N2C(C(=O)O)=C(CSc3nnnn3CCC(=O)O)CS[C@@H]12)c1csc(NC(=O)C(F)(F)F)n1. The van der Waals surface area contributed by atoms with Gasteiger partial charge in [0.05, 0.1) is 13.0 Å². The van der Waals surface area contributed by atoms with Gasteiger partial charge in [-0.05, 0) is 16.0 Å². The molecule has 0 bridgehead atoms. The van der Waals surface area contributed by atoms with E-state index in [0.717, 1.165) is 33.8 Å². The van der Waals surface area contributed by atoms with Crippen molar-refractivity contribution in [2.75, 3.05) is 23.4 Å². The molecule has 45 heavy (non-hydrogen) atoms. The summed E-state index contributed by atoms with van der Waals surface area (Å²) in [4.78, 5) is 70.1. The van der Waals surface area contributed by atoms with E-state index >= 15 is 0 Å². The Labute approximate surface area is 261 Å². The molecule has 2 aliphatic rings. The molecule has 1 unspecified atom stereocenters. The number of carboxylic acid groups (broad SMARTS) is 2. The Morgan fingerprint density at radius 3 is 2.71 bits per heavy atom. The quantitative estimate of drug-likeness (QED) is 0.0541. The lowest BCUT2D eigenvalue weighted by atomic mass is 10.0. The van der Waals surface area contributed by atoms with Gasteiger partial charge in [0.2, 0.25) is 5.16 Å². The molecular weight excluding hydrogens is 671 g/mol. The second-order valence-electron chi connectivity index (χ2n) is 8.64. The molecule has 0 radical (unpaired) electrons. The molecule has 2 aromatic rings. The second kappa shape index (κ2) is 13.9. The van der Waals surface area contributed by atoms with Crippen molar-refractivity contribution >= 4 is 75.4 Å². The van der Waals surface area contributed by atoms with Crippen molar-refractivity contribution in [3.8, 4) is 12.3 Å². The highest BCUT2D eigenvalue weighted by Gasteiger charge is 2.54. The highest BCUT2D eigenvalue weighted by atomic mass is 32.2. The number of thioether (sulfide) groups is 2. The molecular formula is C22H18F3N9O8S3. The van der Waals surface area contributed by atoms with Gasteiger partial charge in [-0.25, -0.2) is 14.5 Å². The van der Waals surface area contributed by atoms with Crippen molar-refractivity contribution in [2.45, 2.75) is 35.7 Å². The number of hydrogen-bond donors (Lipinski definition) is 4. The standard InChI is InChI=1S/C22H18F3N9O8S3/c1-2-5-42-30-12(10-8-44-20(26-10)28-19(41)22(23,24)25)15(37)27-13-16(38)34-14(18(39)40)9(6-43-17(13)34)7-45-21-29-31-32-33(21)4-3-11(35)36/h1,8,13,17H,3-7H2,(H,27,37)(H,35,36)(H,39,40)(H,26,28,41)/t13?,17-/m0/s1. The largest absolute Gasteiger partial charge is 0.481 e. The molecule has 238 valence electrons. The third-order valence-corrected chi connectivity index (χ3v) is 8.83. The second-order valence-corrected chi connectivity index (χ2v) is 11.5. The summed E-state index contributed by atoms with van der Waals surface area (Å²) in [7, 11) is 0. The van der Waals surface area contributed by atoms with E-state index < -0.39 is 64.7 Å². The van der Waals surface area contributed by atoms with Crippen LogP contribution in [0.2, 0.25) is 0 Å². The molecule has 0 saturated carbocycles. The lowest BCUT2D eigenvalue weighted by molar-refractivity contribution is -0.167. The Balaban J connectivity index is 1.47. The average Bonchev–Trinajstić information content (AvgIpc) is 3.63. The van der Waals surface area contributed by atoms with Gasteiger partial charge >= 0.3 is 24.0 Å². The van der Waals surface area contributed by atoms with Crippen LogP contribution in [0.15, 0.2) is 27.0 Å². The van der Waals surface area contributed by atoms with E-state index in [-0.39, 0.29) is 41.0 Å². The van der Waals surface area contributed by atoms with Gasteiger partial charge < -0.3 is 20.4 Å². The summed E-state index contributed by atoms with van der Waals surface area (Å²) < 4.78 is 39.1. The normalized spacial score (nSPS) is 18.0. The number of carbonyl (C=O) groups excluding carboxylic acids is 3. The van der Waals surface area contributed by atoms with E-state index in [0.29, 0.717) is 16.9 Å². The summed E-state index contributed by atoms with van der Waals surface area (Å²) in [6, 6.07) is -1.23. The zero-order valence-corrected chi connectivity index (χ0v) is 24.6. The number of carboxylic acids is 2. The minimum atomic E-state index is -5.19. The molecule has 0 spiro atoms. The number of alkyl halides is 3. The summed E-state index contributed by atoms with van der Waals surface area (Å²) in [5.41, 5.74) is -0.835. The van der Waals surface area contributed by atoms with E-state index in [2.05, 4.69) is 36.9 Å². The van der Waals surface area contributed by atoms with Crippen LogP contribution in [0.1, 0.15) is 12.1 Å². The van der Waals surface area contributed by atoms with Crippen molar-refractivity contribution in [2.24, 2.45) is 5.16 Å². The molecule has 2 aliphatic heterocycles. The first kappa shape index (κ1) is 33.2. The van der Waals surface area contributed by atoms with Crippen molar-refractivity contribution in [1.82, 2.24) is 35.4 Å². The topological polar surface area (TPSA) is 231 Å². The Kier molecular flexibility index (Phi) is 10.3. The fraction of sp³-hybridized carbons (Fsp3) is 0.364. The summed E-state index contributed by atoms with van der Waals surface area (Å²) in [6.45, 7) is -0.408. The van der Waals surface area contributed by atoms with E-state index in [4.69, 9.17) is 16.4 Å². The predicted molar refractivity (Wildman–Crippen MR) is 149 cm³/mol. The molecule has 2 aromatic heterocycles. The van der Waals surface area contributed by atoms with Gasteiger partial charge in [0.1, 0.15) is 22.8 Å². The highest BCUT2D eigenvalue weighted by molar-refractivity contribution is 8.01. The number of hydrogen-bond acceptors (Lipinski definition) is 14. The number of aryl methyl sites for hydroxylation is 1. The highest BCUT2D eigenvalue weighted by Crippen LogP contribution is 2.41. The number of anilines is 1. The first-order valence-electron chi connectivity index (χ1n) is 12.1. The number of fused-ring (bicyclic) bond motifs is 1. The lowest BCUT2D eigenvalue weighted by Gasteiger charge is -2.49. The van der Waals surface area contributed by atoms with Crippen LogP contribution in [0.25, 0.3) is 0 Å². The van der Waals surface area contributed by atoms with Crippen LogP contribution in [0.3, 0.4) is 0 Å². The van der Waals surface area contributed by atoms with Gasteiger partial charge in [-0.1, -0.05) is 22.8 Å². The summed E-state index contributed by atoms with van der Waals surface area (Å²) in [6.07, 6.45) is -0.321. The van der Waals surface area contributed by atoms with E-state index in [1.165, 1.54) is 4.68 Å². The number of halogens is 3. The number of nitrogens with one attached hydrogen (secondary N) is 2. The summed E-state index contributed by atoms with van der Waals surface area (Å²) in [5.74, 6) is -4.29. The molecule has 0 aromatic carbocycles. The molecule has 1 fully saturated rings. The zero-order chi connectivity index (χ0) is 32.9. The number of tetrazole rings is 1. The monoisotopic (exact) mass is 689 g/mol. The smallest absolute Gasteiger partial charge is 0.471 e. The Hall–Kier alpha value is -4.69. The van der Waals surface area contributed by atoms with Crippen LogP contribution < -0.4 is 10.6 Å². The number of carbonyl (C=O) groups is 5.